The molecule has 0 radical (unpaired) electrons. The third-order valence-corrected chi connectivity index (χ3v) is 6.10. The molecule has 0 bridgehead atoms. The number of aromatic nitrogens is 3. The Morgan fingerprint density at radius 1 is 1.19 bits per heavy atom. The van der Waals surface area contributed by atoms with Crippen LogP contribution in [-0.4, -0.2) is 28.0 Å². The van der Waals surface area contributed by atoms with Crippen molar-refractivity contribution in [2.45, 2.75) is 19.8 Å². The summed E-state index contributed by atoms with van der Waals surface area (Å²) in [5.41, 5.74) is 5.44. The molecule has 5 heteroatoms. The highest BCUT2D eigenvalue weighted by Crippen LogP contribution is 2.33. The SMILES string of the molecule is CCc1cccc2c(C3=CCN(c4ncnc5sccc45)CC3)c[nH]c12. The largest absolute Gasteiger partial charge is 0.360 e. The van der Waals surface area contributed by atoms with Gasteiger partial charge in [0.05, 0.1) is 5.39 Å². The van der Waals surface area contributed by atoms with Gasteiger partial charge in [-0.3, -0.25) is 0 Å². The van der Waals surface area contributed by atoms with Crippen LogP contribution in [0.2, 0.25) is 0 Å². The lowest BCUT2D eigenvalue weighted by Crippen LogP contribution is -2.29. The van der Waals surface area contributed by atoms with Crippen LogP contribution >= 0.6 is 11.3 Å². The number of H-pyrrole nitrogens is 1. The Balaban J connectivity index is 1.48. The van der Waals surface area contributed by atoms with Crippen molar-refractivity contribution < 1.29 is 0 Å². The molecule has 1 N–H and O–H groups in total. The normalized spacial score (nSPS) is 15.0. The van der Waals surface area contributed by atoms with E-state index >= 15 is 0 Å². The lowest BCUT2D eigenvalue weighted by molar-refractivity contribution is 0.820. The van der Waals surface area contributed by atoms with Gasteiger partial charge in [-0.2, -0.15) is 0 Å². The van der Waals surface area contributed by atoms with E-state index in [1.165, 1.54) is 27.6 Å². The third-order valence-electron chi connectivity index (χ3n) is 5.28. The molecular formula is C21H20N4S. The predicted octanol–water partition coefficient (Wildman–Crippen LogP) is 5.03. The maximum absolute atomic E-state index is 4.55. The fraction of sp³-hybridized carbons (Fsp3) is 0.238. The Kier molecular flexibility index (Phi) is 3.75. The van der Waals surface area contributed by atoms with E-state index in [4.69, 9.17) is 0 Å². The molecule has 0 spiro atoms. The number of aromatic amines is 1. The molecule has 0 saturated heterocycles. The zero-order valence-electron chi connectivity index (χ0n) is 14.7. The number of hydrogen-bond donors (Lipinski definition) is 1. The van der Waals surface area contributed by atoms with Gasteiger partial charge in [-0.1, -0.05) is 31.2 Å². The molecule has 130 valence electrons. The molecule has 5 rings (SSSR count). The number of hydrogen-bond acceptors (Lipinski definition) is 4. The third kappa shape index (κ3) is 2.42. The first-order valence-corrected chi connectivity index (χ1v) is 9.94. The second-order valence-electron chi connectivity index (χ2n) is 6.66. The van der Waals surface area contributed by atoms with Gasteiger partial charge < -0.3 is 9.88 Å². The average molecular weight is 360 g/mol. The van der Waals surface area contributed by atoms with Gasteiger partial charge in [-0.25, -0.2) is 9.97 Å². The Bertz CT molecular complexity index is 1120. The van der Waals surface area contributed by atoms with Gasteiger partial charge >= 0.3 is 0 Å². The standard InChI is InChI=1S/C21H20N4S/c1-2-14-4-3-5-16-18(12-22-19(14)16)15-6-9-25(10-7-15)20-17-8-11-26-21(17)24-13-23-20/h3-6,8,11-13,22H,2,7,9-10H2,1H3. The molecule has 0 amide bonds. The second-order valence-corrected chi connectivity index (χ2v) is 7.55. The maximum atomic E-state index is 4.55. The highest BCUT2D eigenvalue weighted by molar-refractivity contribution is 7.16. The number of rotatable bonds is 3. The van der Waals surface area contributed by atoms with Gasteiger partial charge in [0.25, 0.3) is 0 Å². The first-order chi connectivity index (χ1) is 12.8. The Morgan fingerprint density at radius 2 is 2.15 bits per heavy atom. The second kappa shape index (κ2) is 6.25. The lowest BCUT2D eigenvalue weighted by atomic mass is 9.97. The van der Waals surface area contributed by atoms with Crippen LogP contribution in [0.5, 0.6) is 0 Å². The smallest absolute Gasteiger partial charge is 0.141 e. The summed E-state index contributed by atoms with van der Waals surface area (Å²) in [6.45, 7) is 4.07. The van der Waals surface area contributed by atoms with Gasteiger partial charge in [0.15, 0.2) is 0 Å². The first kappa shape index (κ1) is 15.6. The molecule has 1 aliphatic heterocycles. The van der Waals surface area contributed by atoms with Crippen LogP contribution in [-0.2, 0) is 6.42 Å². The van der Waals surface area contributed by atoms with Crippen molar-refractivity contribution in [1.82, 2.24) is 15.0 Å². The number of nitrogens with one attached hydrogen (secondary N) is 1. The van der Waals surface area contributed by atoms with Crippen LogP contribution in [0, 0.1) is 0 Å². The van der Waals surface area contributed by atoms with E-state index in [1.54, 1.807) is 17.7 Å². The van der Waals surface area contributed by atoms with E-state index in [-0.39, 0.29) is 0 Å². The van der Waals surface area contributed by atoms with E-state index < -0.39 is 0 Å². The van der Waals surface area contributed by atoms with Crippen molar-refractivity contribution in [3.05, 3.63) is 59.4 Å². The minimum absolute atomic E-state index is 0.886. The Labute approximate surface area is 156 Å². The molecule has 3 aromatic heterocycles. The van der Waals surface area contributed by atoms with E-state index in [0.29, 0.717) is 0 Å². The molecule has 0 fully saturated rings. The van der Waals surface area contributed by atoms with Crippen molar-refractivity contribution in [1.29, 1.82) is 0 Å². The molecule has 0 unspecified atom stereocenters. The molecule has 0 saturated carbocycles. The van der Waals surface area contributed by atoms with Crippen LogP contribution in [0.25, 0.3) is 26.7 Å². The van der Waals surface area contributed by atoms with Crippen LogP contribution in [0.3, 0.4) is 0 Å². The number of fused-ring (bicyclic) bond motifs is 2. The van der Waals surface area contributed by atoms with Crippen LogP contribution in [0.1, 0.15) is 24.5 Å². The number of nitrogens with zero attached hydrogens (tertiary/aromatic N) is 3. The van der Waals surface area contributed by atoms with Gasteiger partial charge in [0, 0.05) is 35.8 Å². The highest BCUT2D eigenvalue weighted by Gasteiger charge is 2.19. The van der Waals surface area contributed by atoms with E-state index in [9.17, 15) is 0 Å². The molecule has 0 atom stereocenters. The summed E-state index contributed by atoms with van der Waals surface area (Å²) in [7, 11) is 0. The van der Waals surface area contributed by atoms with Crippen LogP contribution in [0.15, 0.2) is 48.2 Å². The maximum Gasteiger partial charge on any atom is 0.141 e. The van der Waals surface area contributed by atoms with Crippen molar-refractivity contribution in [2.24, 2.45) is 0 Å². The van der Waals surface area contributed by atoms with Crippen molar-refractivity contribution in [2.75, 3.05) is 18.0 Å². The summed E-state index contributed by atoms with van der Waals surface area (Å²) < 4.78 is 0. The quantitative estimate of drug-likeness (QED) is 0.557. The molecule has 1 aromatic carbocycles. The minimum Gasteiger partial charge on any atom is -0.360 e. The zero-order valence-corrected chi connectivity index (χ0v) is 15.5. The number of aryl methyl sites for hydroxylation is 1. The fourth-order valence-corrected chi connectivity index (χ4v) is 4.64. The van der Waals surface area contributed by atoms with Gasteiger partial charge in [0.1, 0.15) is 17.0 Å². The average Bonchev–Trinajstić information content (AvgIpc) is 3.34. The number of para-hydroxylation sites is 1. The van der Waals surface area contributed by atoms with Crippen molar-refractivity contribution >= 4 is 43.8 Å². The molecule has 26 heavy (non-hydrogen) atoms. The lowest BCUT2D eigenvalue weighted by Gasteiger charge is -2.27. The van der Waals surface area contributed by atoms with Crippen molar-refractivity contribution in [3.8, 4) is 0 Å². The Morgan fingerprint density at radius 3 is 3.00 bits per heavy atom. The summed E-state index contributed by atoms with van der Waals surface area (Å²) in [5.74, 6) is 1.05. The number of thiophene rings is 1. The highest BCUT2D eigenvalue weighted by atomic mass is 32.1. The monoisotopic (exact) mass is 360 g/mol. The molecule has 1 aliphatic rings. The molecule has 4 nitrogen and oxygen atoms in total. The Hall–Kier alpha value is -2.66. The van der Waals surface area contributed by atoms with Gasteiger partial charge in [-0.15, -0.1) is 11.3 Å². The summed E-state index contributed by atoms with van der Waals surface area (Å²) in [4.78, 5) is 15.8. The van der Waals surface area contributed by atoms with E-state index in [0.717, 1.165) is 42.0 Å². The van der Waals surface area contributed by atoms with E-state index in [1.807, 2.05) is 0 Å². The summed E-state index contributed by atoms with van der Waals surface area (Å²) in [6, 6.07) is 8.73. The van der Waals surface area contributed by atoms with Crippen LogP contribution < -0.4 is 4.90 Å². The van der Waals surface area contributed by atoms with Gasteiger partial charge in [-0.05, 0) is 35.4 Å². The van der Waals surface area contributed by atoms with Gasteiger partial charge in [0.2, 0.25) is 0 Å². The van der Waals surface area contributed by atoms with E-state index in [2.05, 4.69) is 68.7 Å². The molecular weight excluding hydrogens is 340 g/mol. The zero-order chi connectivity index (χ0) is 17.5. The summed E-state index contributed by atoms with van der Waals surface area (Å²) in [6.07, 6.45) is 8.28. The number of benzene rings is 1. The predicted molar refractivity (Wildman–Crippen MR) is 110 cm³/mol. The summed E-state index contributed by atoms with van der Waals surface area (Å²) >= 11 is 1.67. The number of anilines is 1. The fourth-order valence-electron chi connectivity index (χ4n) is 3.91. The topological polar surface area (TPSA) is 44.8 Å². The first-order valence-electron chi connectivity index (χ1n) is 9.06. The minimum atomic E-state index is 0.886. The molecule has 4 aromatic rings. The molecule has 0 aliphatic carbocycles. The molecule has 4 heterocycles. The van der Waals surface area contributed by atoms with Crippen molar-refractivity contribution in [3.63, 3.8) is 0 Å². The van der Waals surface area contributed by atoms with Crippen LogP contribution in [0.4, 0.5) is 5.82 Å². The summed E-state index contributed by atoms with van der Waals surface area (Å²) in [5, 5.41) is 4.59.